The van der Waals surface area contributed by atoms with E-state index >= 15 is 0 Å². The van der Waals surface area contributed by atoms with Crippen molar-refractivity contribution >= 4 is 5.91 Å². The summed E-state index contributed by atoms with van der Waals surface area (Å²) in [6.07, 6.45) is 0. The maximum absolute atomic E-state index is 13.7. The Hall–Kier alpha value is -2.61. The van der Waals surface area contributed by atoms with Crippen LogP contribution in [0.4, 0.5) is 17.6 Å². The molecule has 0 N–H and O–H groups in total. The number of nitrogens with zero attached hydrogens (tertiary/aromatic N) is 2. The van der Waals surface area contributed by atoms with Crippen LogP contribution in [0, 0.1) is 23.3 Å². The van der Waals surface area contributed by atoms with Crippen LogP contribution >= 0.6 is 0 Å². The van der Waals surface area contributed by atoms with Gasteiger partial charge in [0, 0.05) is 43.9 Å². The average molecular weight is 410 g/mol. The van der Waals surface area contributed by atoms with Gasteiger partial charge < -0.3 is 9.64 Å². The van der Waals surface area contributed by atoms with Gasteiger partial charge in [-0.05, 0) is 31.5 Å². The molecule has 0 aliphatic carbocycles. The zero-order valence-corrected chi connectivity index (χ0v) is 16.2. The number of hydrogen-bond acceptors (Lipinski definition) is 3. The van der Waals surface area contributed by atoms with Crippen LogP contribution in [0.25, 0.3) is 0 Å². The minimum atomic E-state index is -1.19. The number of benzene rings is 2. The van der Waals surface area contributed by atoms with Crippen LogP contribution in [0.3, 0.4) is 0 Å². The predicted octanol–water partition coefficient (Wildman–Crippen LogP) is 3.74. The fourth-order valence-electron chi connectivity index (χ4n) is 3.47. The molecule has 2 aromatic carbocycles. The maximum atomic E-state index is 13.7. The molecule has 1 heterocycles. The molecule has 1 fully saturated rings. The Morgan fingerprint density at radius 1 is 0.966 bits per heavy atom. The van der Waals surface area contributed by atoms with Gasteiger partial charge in [0.25, 0.3) is 5.91 Å². The van der Waals surface area contributed by atoms with Gasteiger partial charge >= 0.3 is 0 Å². The molecule has 1 amide bonds. The topological polar surface area (TPSA) is 32.8 Å². The minimum Gasteiger partial charge on any atom is -0.478 e. The molecule has 1 aliphatic rings. The van der Waals surface area contributed by atoms with Gasteiger partial charge in [-0.15, -0.1) is 0 Å². The fraction of sp³-hybridized carbons (Fsp3) is 0.381. The summed E-state index contributed by atoms with van der Waals surface area (Å²) >= 11 is 0. The van der Waals surface area contributed by atoms with Gasteiger partial charge in [0.15, 0.2) is 24.0 Å². The Labute approximate surface area is 166 Å². The van der Waals surface area contributed by atoms with Crippen LogP contribution < -0.4 is 4.74 Å². The second-order valence-corrected chi connectivity index (χ2v) is 7.29. The zero-order valence-electron chi connectivity index (χ0n) is 16.2. The van der Waals surface area contributed by atoms with Crippen molar-refractivity contribution in [3.05, 3.63) is 65.2 Å². The quantitative estimate of drug-likeness (QED) is 0.704. The first-order valence-corrected chi connectivity index (χ1v) is 9.30. The molecule has 2 atom stereocenters. The lowest BCUT2D eigenvalue weighted by atomic mass is 10.1. The Morgan fingerprint density at radius 2 is 1.59 bits per heavy atom. The lowest BCUT2D eigenvalue weighted by Gasteiger charge is -2.44. The third kappa shape index (κ3) is 5.06. The van der Waals surface area contributed by atoms with Crippen molar-refractivity contribution in [3.8, 4) is 5.75 Å². The van der Waals surface area contributed by atoms with Crippen LogP contribution in [-0.2, 0) is 11.3 Å². The first-order valence-electron chi connectivity index (χ1n) is 9.30. The number of piperazine rings is 1. The van der Waals surface area contributed by atoms with Crippen LogP contribution in [0.1, 0.15) is 19.4 Å². The lowest BCUT2D eigenvalue weighted by Crippen LogP contribution is -2.58. The predicted molar refractivity (Wildman–Crippen MR) is 99.3 cm³/mol. The van der Waals surface area contributed by atoms with Crippen molar-refractivity contribution < 1.29 is 27.1 Å². The van der Waals surface area contributed by atoms with E-state index in [2.05, 4.69) is 4.90 Å². The summed E-state index contributed by atoms with van der Waals surface area (Å²) in [5, 5.41) is 0. The second kappa shape index (κ2) is 8.82. The number of ether oxygens (including phenoxy) is 1. The molecule has 8 heteroatoms. The van der Waals surface area contributed by atoms with Crippen molar-refractivity contribution in [1.82, 2.24) is 9.80 Å². The van der Waals surface area contributed by atoms with Crippen LogP contribution in [0.15, 0.2) is 36.4 Å². The molecule has 156 valence electrons. The molecular formula is C21H22F4N2O2. The van der Waals surface area contributed by atoms with Crippen molar-refractivity contribution in [2.24, 2.45) is 0 Å². The standard InChI is InChI=1S/C21H22F4N2O2/c1-13-10-27(14(2)9-26(13)11-15-3-5-16(22)6-4-15)20(28)12-29-21-18(24)7-17(23)8-19(21)25/h3-8,13-14H,9-12H2,1-2H3. The molecule has 4 nitrogen and oxygen atoms in total. The highest BCUT2D eigenvalue weighted by Crippen LogP contribution is 2.23. The fourth-order valence-corrected chi connectivity index (χ4v) is 3.47. The van der Waals surface area contributed by atoms with Crippen molar-refractivity contribution in [1.29, 1.82) is 0 Å². The van der Waals surface area contributed by atoms with Gasteiger partial charge in [-0.2, -0.15) is 0 Å². The summed E-state index contributed by atoms with van der Waals surface area (Å²) in [5.41, 5.74) is 0.968. The SMILES string of the molecule is CC1CN(C(=O)COc2c(F)cc(F)cc2F)C(C)CN1Cc1ccc(F)cc1. The summed E-state index contributed by atoms with van der Waals surface area (Å²) < 4.78 is 58.4. The third-order valence-corrected chi connectivity index (χ3v) is 5.04. The highest BCUT2D eigenvalue weighted by atomic mass is 19.1. The smallest absolute Gasteiger partial charge is 0.260 e. The molecule has 1 saturated heterocycles. The number of carbonyl (C=O) groups is 1. The van der Waals surface area contributed by atoms with Gasteiger partial charge in [-0.3, -0.25) is 9.69 Å². The van der Waals surface area contributed by atoms with Gasteiger partial charge in [0.2, 0.25) is 0 Å². The van der Waals surface area contributed by atoms with Crippen molar-refractivity contribution in [2.45, 2.75) is 32.5 Å². The van der Waals surface area contributed by atoms with Gasteiger partial charge in [-0.1, -0.05) is 12.1 Å². The molecular weight excluding hydrogens is 388 g/mol. The molecule has 0 radical (unpaired) electrons. The Balaban J connectivity index is 1.59. The maximum Gasteiger partial charge on any atom is 0.260 e. The summed E-state index contributed by atoms with van der Waals surface area (Å²) in [5.74, 6) is -4.91. The number of rotatable bonds is 5. The number of halogens is 4. The van der Waals surface area contributed by atoms with Gasteiger partial charge in [0.05, 0.1) is 0 Å². The van der Waals surface area contributed by atoms with E-state index in [0.29, 0.717) is 31.8 Å². The molecule has 0 bridgehead atoms. The number of hydrogen-bond donors (Lipinski definition) is 0. The average Bonchev–Trinajstić information content (AvgIpc) is 2.65. The van der Waals surface area contributed by atoms with Crippen LogP contribution in [-0.4, -0.2) is 47.5 Å². The highest BCUT2D eigenvalue weighted by molar-refractivity contribution is 5.78. The monoisotopic (exact) mass is 410 g/mol. The van der Waals surface area contributed by atoms with E-state index < -0.39 is 35.7 Å². The molecule has 3 rings (SSSR count). The van der Waals surface area contributed by atoms with E-state index in [1.54, 1.807) is 17.0 Å². The normalized spacial score (nSPS) is 20.0. The van der Waals surface area contributed by atoms with Gasteiger partial charge in [0.1, 0.15) is 11.6 Å². The molecule has 0 spiro atoms. The van der Waals surface area contributed by atoms with Crippen molar-refractivity contribution in [3.63, 3.8) is 0 Å². The molecule has 0 saturated carbocycles. The van der Waals surface area contributed by atoms with E-state index in [0.717, 1.165) is 5.56 Å². The minimum absolute atomic E-state index is 0.0273. The summed E-state index contributed by atoms with van der Waals surface area (Å²) in [6.45, 7) is 4.92. The Morgan fingerprint density at radius 3 is 2.21 bits per heavy atom. The molecule has 1 aliphatic heterocycles. The summed E-state index contributed by atoms with van der Waals surface area (Å²) in [4.78, 5) is 16.3. The Bertz CT molecular complexity index is 852. The third-order valence-electron chi connectivity index (χ3n) is 5.04. The first kappa shape index (κ1) is 21.1. The zero-order chi connectivity index (χ0) is 21.1. The van der Waals surface area contributed by atoms with Crippen molar-refractivity contribution in [2.75, 3.05) is 19.7 Å². The lowest BCUT2D eigenvalue weighted by molar-refractivity contribution is -0.139. The Kier molecular flexibility index (Phi) is 6.42. The van der Waals surface area contributed by atoms with Crippen LogP contribution in [0.5, 0.6) is 5.75 Å². The van der Waals surface area contributed by atoms with Gasteiger partial charge in [-0.25, -0.2) is 17.6 Å². The van der Waals surface area contributed by atoms with E-state index in [9.17, 15) is 22.4 Å². The number of amides is 1. The first-order chi connectivity index (χ1) is 13.7. The molecule has 29 heavy (non-hydrogen) atoms. The van der Waals surface area contributed by atoms with Crippen LogP contribution in [0.2, 0.25) is 0 Å². The van der Waals surface area contributed by atoms with E-state index in [4.69, 9.17) is 4.74 Å². The van der Waals surface area contributed by atoms with E-state index in [1.165, 1.54) is 12.1 Å². The van der Waals surface area contributed by atoms with E-state index in [-0.39, 0.29) is 17.9 Å². The number of carbonyl (C=O) groups excluding carboxylic acids is 1. The molecule has 0 aromatic heterocycles. The summed E-state index contributed by atoms with van der Waals surface area (Å²) in [7, 11) is 0. The highest BCUT2D eigenvalue weighted by Gasteiger charge is 2.32. The van der Waals surface area contributed by atoms with E-state index in [1.807, 2.05) is 13.8 Å². The summed E-state index contributed by atoms with van der Waals surface area (Å²) in [6, 6.07) is 7.16. The molecule has 2 aromatic rings. The molecule has 2 unspecified atom stereocenters. The second-order valence-electron chi connectivity index (χ2n) is 7.29. The largest absolute Gasteiger partial charge is 0.478 e.